The highest BCUT2D eigenvalue weighted by atomic mass is 32.1. The number of hydrogen-bond acceptors (Lipinski definition) is 5. The van der Waals surface area contributed by atoms with Gasteiger partial charge in [0.25, 0.3) is 0 Å². The van der Waals surface area contributed by atoms with E-state index in [1.54, 1.807) is 11.3 Å². The van der Waals surface area contributed by atoms with E-state index >= 15 is 0 Å². The monoisotopic (exact) mass is 392 g/mol. The summed E-state index contributed by atoms with van der Waals surface area (Å²) in [6.45, 7) is 4.18. The molecule has 0 spiro atoms. The number of aromatic nitrogens is 2. The van der Waals surface area contributed by atoms with Crippen LogP contribution in [0.2, 0.25) is 0 Å². The zero-order valence-corrected chi connectivity index (χ0v) is 17.0. The van der Waals surface area contributed by atoms with Gasteiger partial charge < -0.3 is 4.74 Å². The normalized spacial score (nSPS) is 11.1. The predicted octanol–water partition coefficient (Wildman–Crippen LogP) is 6.09. The van der Waals surface area contributed by atoms with Crippen LogP contribution < -0.4 is 4.74 Å². The van der Waals surface area contributed by atoms with Gasteiger partial charge in [0, 0.05) is 12.0 Å². The second-order valence-electron chi connectivity index (χ2n) is 6.41. The standard InChI is InChI=1S/C23H24N2O2S/c1-3-5-6-8-22(26)27-20-15-13-18(14-16-20)17-9-11-19(12-10-17)23-25-24-21(28-23)7-4-2/h5-6,9-16H,3-4,7-8H2,1-2H3. The van der Waals surface area contributed by atoms with Gasteiger partial charge in [-0.15, -0.1) is 10.2 Å². The lowest BCUT2D eigenvalue weighted by molar-refractivity contribution is -0.133. The van der Waals surface area contributed by atoms with Crippen molar-refractivity contribution < 1.29 is 9.53 Å². The summed E-state index contributed by atoms with van der Waals surface area (Å²) in [5, 5.41) is 10.6. The molecule has 0 aliphatic carbocycles. The Morgan fingerprint density at radius 1 is 0.929 bits per heavy atom. The molecule has 0 amide bonds. The maximum absolute atomic E-state index is 11.8. The van der Waals surface area contributed by atoms with Gasteiger partial charge >= 0.3 is 5.97 Å². The molecule has 0 N–H and O–H groups in total. The summed E-state index contributed by atoms with van der Waals surface area (Å²) in [6.07, 6.45) is 7.06. The molecule has 0 aliphatic heterocycles. The van der Waals surface area contributed by atoms with E-state index in [4.69, 9.17) is 4.74 Å². The molecule has 0 aliphatic rings. The van der Waals surface area contributed by atoms with Gasteiger partial charge in [0.05, 0.1) is 6.42 Å². The topological polar surface area (TPSA) is 52.1 Å². The summed E-state index contributed by atoms with van der Waals surface area (Å²) in [5.41, 5.74) is 3.25. The predicted molar refractivity (Wildman–Crippen MR) is 114 cm³/mol. The average molecular weight is 393 g/mol. The van der Waals surface area contributed by atoms with Gasteiger partial charge in [-0.05, 0) is 36.1 Å². The molecule has 144 valence electrons. The van der Waals surface area contributed by atoms with Crippen LogP contribution in [0.5, 0.6) is 5.75 Å². The molecular weight excluding hydrogens is 368 g/mol. The fourth-order valence-electron chi connectivity index (χ4n) is 2.73. The van der Waals surface area contributed by atoms with Crippen molar-refractivity contribution in [1.29, 1.82) is 0 Å². The number of benzene rings is 2. The molecule has 4 nitrogen and oxygen atoms in total. The van der Waals surface area contributed by atoms with Crippen LogP contribution >= 0.6 is 11.3 Å². The molecule has 3 aromatic rings. The molecule has 5 heteroatoms. The maximum atomic E-state index is 11.8. The number of rotatable bonds is 8. The molecule has 1 heterocycles. The summed E-state index contributed by atoms with van der Waals surface area (Å²) in [4.78, 5) is 11.8. The minimum absolute atomic E-state index is 0.249. The summed E-state index contributed by atoms with van der Waals surface area (Å²) in [6, 6.07) is 15.9. The van der Waals surface area contributed by atoms with Crippen LogP contribution in [0.15, 0.2) is 60.7 Å². The third kappa shape index (κ3) is 5.36. The molecule has 3 rings (SSSR count). The summed E-state index contributed by atoms with van der Waals surface area (Å²) in [7, 11) is 0. The Bertz CT molecular complexity index is 928. The molecule has 2 aromatic carbocycles. The van der Waals surface area contributed by atoms with E-state index in [0.29, 0.717) is 12.2 Å². The van der Waals surface area contributed by atoms with Gasteiger partial charge in [0.2, 0.25) is 0 Å². The third-order valence-electron chi connectivity index (χ3n) is 4.17. The number of aryl methyl sites for hydroxylation is 1. The molecule has 0 saturated heterocycles. The molecular formula is C23H24N2O2S. The number of allylic oxidation sites excluding steroid dienone is 1. The van der Waals surface area contributed by atoms with Crippen LogP contribution in [0.25, 0.3) is 21.7 Å². The van der Waals surface area contributed by atoms with E-state index in [1.165, 1.54) is 0 Å². The van der Waals surface area contributed by atoms with Crippen LogP contribution in [-0.2, 0) is 11.2 Å². The minimum atomic E-state index is -0.249. The van der Waals surface area contributed by atoms with Crippen molar-refractivity contribution in [3.8, 4) is 27.4 Å². The zero-order chi connectivity index (χ0) is 19.8. The number of ether oxygens (including phenoxy) is 1. The largest absolute Gasteiger partial charge is 0.426 e. The first-order chi connectivity index (χ1) is 13.7. The number of hydrogen-bond donors (Lipinski definition) is 0. The Labute approximate surface area is 169 Å². The Morgan fingerprint density at radius 3 is 2.21 bits per heavy atom. The lowest BCUT2D eigenvalue weighted by Gasteiger charge is -2.06. The molecule has 0 radical (unpaired) electrons. The van der Waals surface area contributed by atoms with Crippen molar-refractivity contribution >= 4 is 17.3 Å². The lowest BCUT2D eigenvalue weighted by atomic mass is 10.0. The van der Waals surface area contributed by atoms with E-state index in [1.807, 2.05) is 43.3 Å². The van der Waals surface area contributed by atoms with E-state index in [2.05, 4.69) is 41.4 Å². The lowest BCUT2D eigenvalue weighted by Crippen LogP contribution is -2.05. The van der Waals surface area contributed by atoms with Crippen molar-refractivity contribution in [3.05, 3.63) is 65.7 Å². The van der Waals surface area contributed by atoms with Crippen molar-refractivity contribution in [2.75, 3.05) is 0 Å². The van der Waals surface area contributed by atoms with Crippen molar-refractivity contribution in [3.63, 3.8) is 0 Å². The fourth-order valence-corrected chi connectivity index (χ4v) is 3.67. The van der Waals surface area contributed by atoms with Gasteiger partial charge in [-0.25, -0.2) is 0 Å². The first-order valence-corrected chi connectivity index (χ1v) is 10.4. The molecule has 0 saturated carbocycles. The smallest absolute Gasteiger partial charge is 0.315 e. The Hall–Kier alpha value is -2.79. The zero-order valence-electron chi connectivity index (χ0n) is 16.2. The van der Waals surface area contributed by atoms with Crippen molar-refractivity contribution in [2.45, 2.75) is 39.5 Å². The van der Waals surface area contributed by atoms with Crippen LogP contribution in [0.4, 0.5) is 0 Å². The molecule has 28 heavy (non-hydrogen) atoms. The van der Waals surface area contributed by atoms with Gasteiger partial charge in [0.15, 0.2) is 0 Å². The SMILES string of the molecule is CCC=CCC(=O)Oc1ccc(-c2ccc(-c3nnc(CCC)s3)cc2)cc1. The summed E-state index contributed by atoms with van der Waals surface area (Å²) >= 11 is 1.65. The van der Waals surface area contributed by atoms with E-state index in [9.17, 15) is 4.79 Å². The molecule has 0 atom stereocenters. The molecule has 0 fully saturated rings. The first-order valence-electron chi connectivity index (χ1n) is 9.58. The van der Waals surface area contributed by atoms with Crippen LogP contribution in [0.3, 0.4) is 0 Å². The van der Waals surface area contributed by atoms with Crippen LogP contribution in [-0.4, -0.2) is 16.2 Å². The number of carbonyl (C=O) groups excluding carboxylic acids is 1. The van der Waals surface area contributed by atoms with Gasteiger partial charge in [-0.1, -0.05) is 73.7 Å². The Kier molecular flexibility index (Phi) is 7.09. The average Bonchev–Trinajstić information content (AvgIpc) is 3.18. The number of esters is 1. The van der Waals surface area contributed by atoms with E-state index in [0.717, 1.165) is 46.0 Å². The summed E-state index contributed by atoms with van der Waals surface area (Å²) in [5.74, 6) is 0.314. The van der Waals surface area contributed by atoms with E-state index < -0.39 is 0 Å². The second-order valence-corrected chi connectivity index (χ2v) is 7.47. The van der Waals surface area contributed by atoms with Crippen molar-refractivity contribution in [2.24, 2.45) is 0 Å². The molecule has 0 bridgehead atoms. The third-order valence-corrected chi connectivity index (χ3v) is 5.20. The Balaban J connectivity index is 1.65. The highest BCUT2D eigenvalue weighted by molar-refractivity contribution is 7.14. The molecule has 1 aromatic heterocycles. The molecule has 0 unspecified atom stereocenters. The van der Waals surface area contributed by atoms with E-state index in [-0.39, 0.29) is 5.97 Å². The van der Waals surface area contributed by atoms with Gasteiger partial charge in [0.1, 0.15) is 15.8 Å². The van der Waals surface area contributed by atoms with Gasteiger partial charge in [-0.2, -0.15) is 0 Å². The van der Waals surface area contributed by atoms with Crippen LogP contribution in [0.1, 0.15) is 38.1 Å². The highest BCUT2D eigenvalue weighted by Gasteiger charge is 2.07. The summed E-state index contributed by atoms with van der Waals surface area (Å²) < 4.78 is 5.35. The van der Waals surface area contributed by atoms with Gasteiger partial charge in [-0.3, -0.25) is 4.79 Å². The first kappa shape index (κ1) is 20.0. The quantitative estimate of drug-likeness (QED) is 0.265. The minimum Gasteiger partial charge on any atom is -0.426 e. The van der Waals surface area contributed by atoms with Crippen molar-refractivity contribution in [1.82, 2.24) is 10.2 Å². The van der Waals surface area contributed by atoms with Crippen LogP contribution in [0, 0.1) is 0 Å². The number of nitrogens with zero attached hydrogens (tertiary/aromatic N) is 2. The second kappa shape index (κ2) is 9.95. The maximum Gasteiger partial charge on any atom is 0.315 e. The highest BCUT2D eigenvalue weighted by Crippen LogP contribution is 2.28. The fraction of sp³-hybridized carbons (Fsp3) is 0.261. The Morgan fingerprint density at radius 2 is 1.57 bits per heavy atom. The number of carbonyl (C=O) groups is 1.